The van der Waals surface area contributed by atoms with Crippen molar-refractivity contribution in [2.75, 3.05) is 0 Å². The first-order chi connectivity index (χ1) is 10.0. The van der Waals surface area contributed by atoms with E-state index >= 15 is 0 Å². The van der Waals surface area contributed by atoms with E-state index in [4.69, 9.17) is 5.11 Å². The molecule has 0 spiro atoms. The van der Waals surface area contributed by atoms with Crippen LogP contribution in [0.15, 0.2) is 22.7 Å². The fraction of sp³-hybridized carbons (Fsp3) is 0.385. The second-order valence-electron chi connectivity index (χ2n) is 4.59. The van der Waals surface area contributed by atoms with Gasteiger partial charge >= 0.3 is 5.97 Å². The molecular weight excluding hydrogens is 343 g/mol. The zero-order valence-electron chi connectivity index (χ0n) is 11.3. The number of hydrogen-bond acceptors (Lipinski definition) is 4. The number of carboxylic acid groups (broad SMARTS) is 1. The molecule has 2 rings (SSSR count). The zero-order chi connectivity index (χ0) is 15.4. The first-order valence-electron chi connectivity index (χ1n) is 6.48. The Morgan fingerprint density at radius 3 is 2.95 bits per heavy atom. The number of halogens is 2. The third kappa shape index (κ3) is 3.44. The number of aromatic nitrogens is 4. The minimum absolute atomic E-state index is 0.110. The Hall–Kier alpha value is -1.83. The minimum Gasteiger partial charge on any atom is -0.481 e. The molecule has 1 unspecified atom stereocenters. The van der Waals surface area contributed by atoms with Gasteiger partial charge in [-0.05, 0) is 44.9 Å². The van der Waals surface area contributed by atoms with Crippen LogP contribution < -0.4 is 0 Å². The van der Waals surface area contributed by atoms with Crippen LogP contribution in [-0.2, 0) is 4.79 Å². The van der Waals surface area contributed by atoms with Crippen molar-refractivity contribution in [2.24, 2.45) is 0 Å². The quantitative estimate of drug-likeness (QED) is 0.859. The summed E-state index contributed by atoms with van der Waals surface area (Å²) in [4.78, 5) is 11.0. The van der Waals surface area contributed by atoms with Crippen LogP contribution in [0.3, 0.4) is 0 Å². The topological polar surface area (TPSA) is 80.9 Å². The standard InChI is InChI=1S/C13H14BrFN4O2/c1-2-4-8(7-11(20)21)19-13(16-17-18-19)9-5-3-6-10(14)12(9)15/h3,5-6,8H,2,4,7H2,1H3,(H,20,21). The van der Waals surface area contributed by atoms with Crippen molar-refractivity contribution in [1.82, 2.24) is 20.2 Å². The van der Waals surface area contributed by atoms with E-state index in [1.54, 1.807) is 18.2 Å². The first-order valence-corrected chi connectivity index (χ1v) is 7.28. The van der Waals surface area contributed by atoms with Crippen molar-refractivity contribution in [1.29, 1.82) is 0 Å². The fourth-order valence-corrected chi connectivity index (χ4v) is 2.51. The predicted octanol–water partition coefficient (Wildman–Crippen LogP) is 3.06. The van der Waals surface area contributed by atoms with Gasteiger partial charge in [0.25, 0.3) is 0 Å². The highest BCUT2D eigenvalue weighted by atomic mass is 79.9. The molecule has 1 aromatic carbocycles. The smallest absolute Gasteiger partial charge is 0.305 e. The van der Waals surface area contributed by atoms with Crippen molar-refractivity contribution >= 4 is 21.9 Å². The van der Waals surface area contributed by atoms with Crippen LogP contribution in [0.5, 0.6) is 0 Å². The molecule has 1 aromatic heterocycles. The molecular formula is C13H14BrFN4O2. The van der Waals surface area contributed by atoms with Gasteiger partial charge in [0, 0.05) is 0 Å². The number of hydrogen-bond donors (Lipinski definition) is 1. The molecule has 0 saturated carbocycles. The molecule has 0 aliphatic carbocycles. The summed E-state index contributed by atoms with van der Waals surface area (Å²) < 4.78 is 15.9. The lowest BCUT2D eigenvalue weighted by molar-refractivity contribution is -0.138. The maximum atomic E-state index is 14.2. The Morgan fingerprint density at radius 2 is 2.29 bits per heavy atom. The summed E-state index contributed by atoms with van der Waals surface area (Å²) in [5, 5.41) is 20.3. The second-order valence-corrected chi connectivity index (χ2v) is 5.44. The molecule has 0 radical (unpaired) electrons. The van der Waals surface area contributed by atoms with E-state index in [2.05, 4.69) is 31.5 Å². The molecule has 0 aliphatic heterocycles. The van der Waals surface area contributed by atoms with E-state index < -0.39 is 17.8 Å². The van der Waals surface area contributed by atoms with E-state index in [9.17, 15) is 9.18 Å². The molecule has 0 amide bonds. The Kier molecular flexibility index (Phi) is 5.00. The van der Waals surface area contributed by atoms with Crippen molar-refractivity contribution in [3.63, 3.8) is 0 Å². The van der Waals surface area contributed by atoms with E-state index in [1.807, 2.05) is 6.92 Å². The second kappa shape index (κ2) is 6.75. The molecule has 0 fully saturated rings. The SMILES string of the molecule is CCCC(CC(=O)O)n1nnnc1-c1cccc(Br)c1F. The summed E-state index contributed by atoms with van der Waals surface area (Å²) in [6.45, 7) is 1.94. The molecule has 2 aromatic rings. The number of nitrogens with zero attached hydrogens (tertiary/aromatic N) is 4. The molecule has 1 atom stereocenters. The number of carboxylic acids is 1. The van der Waals surface area contributed by atoms with E-state index in [-0.39, 0.29) is 17.8 Å². The summed E-state index contributed by atoms with van der Waals surface area (Å²) in [6, 6.07) is 4.41. The first kappa shape index (κ1) is 15.6. The van der Waals surface area contributed by atoms with Gasteiger partial charge in [-0.2, -0.15) is 0 Å². The molecule has 0 aliphatic rings. The van der Waals surface area contributed by atoms with Gasteiger partial charge in [-0.3, -0.25) is 4.79 Å². The van der Waals surface area contributed by atoms with Crippen molar-refractivity contribution < 1.29 is 14.3 Å². The lowest BCUT2D eigenvalue weighted by Gasteiger charge is -2.16. The van der Waals surface area contributed by atoms with Gasteiger partial charge in [0.1, 0.15) is 5.82 Å². The Bertz CT molecular complexity index is 647. The normalized spacial score (nSPS) is 12.3. The number of rotatable bonds is 6. The molecule has 1 heterocycles. The molecule has 21 heavy (non-hydrogen) atoms. The van der Waals surface area contributed by atoms with E-state index in [0.717, 1.165) is 6.42 Å². The summed E-state index contributed by atoms with van der Waals surface area (Å²) in [6.07, 6.45) is 1.26. The average molecular weight is 357 g/mol. The summed E-state index contributed by atoms with van der Waals surface area (Å²) >= 11 is 3.12. The Balaban J connectivity index is 2.45. The number of tetrazole rings is 1. The molecule has 112 valence electrons. The van der Waals surface area contributed by atoms with Gasteiger partial charge in [-0.15, -0.1) is 5.10 Å². The fourth-order valence-electron chi connectivity index (χ4n) is 2.14. The van der Waals surface area contributed by atoms with Crippen LogP contribution in [0.25, 0.3) is 11.4 Å². The lowest BCUT2D eigenvalue weighted by Crippen LogP contribution is -2.16. The van der Waals surface area contributed by atoms with Crippen LogP contribution in [0.4, 0.5) is 4.39 Å². The maximum Gasteiger partial charge on any atom is 0.305 e. The Morgan fingerprint density at radius 1 is 1.52 bits per heavy atom. The maximum absolute atomic E-state index is 14.2. The average Bonchev–Trinajstić information content (AvgIpc) is 2.90. The molecule has 0 saturated heterocycles. The van der Waals surface area contributed by atoms with Crippen LogP contribution in [-0.4, -0.2) is 31.3 Å². The van der Waals surface area contributed by atoms with Gasteiger partial charge in [0.2, 0.25) is 0 Å². The number of benzene rings is 1. The number of aliphatic carboxylic acids is 1. The van der Waals surface area contributed by atoms with Crippen molar-refractivity contribution in [2.45, 2.75) is 32.2 Å². The van der Waals surface area contributed by atoms with Gasteiger partial charge in [0.05, 0.1) is 22.5 Å². The molecule has 8 heteroatoms. The van der Waals surface area contributed by atoms with Crippen molar-refractivity contribution in [3.05, 3.63) is 28.5 Å². The highest BCUT2D eigenvalue weighted by Crippen LogP contribution is 2.29. The highest BCUT2D eigenvalue weighted by molar-refractivity contribution is 9.10. The van der Waals surface area contributed by atoms with Crippen LogP contribution in [0.2, 0.25) is 0 Å². The predicted molar refractivity (Wildman–Crippen MR) is 77.1 cm³/mol. The monoisotopic (exact) mass is 356 g/mol. The van der Waals surface area contributed by atoms with Crippen LogP contribution in [0, 0.1) is 5.82 Å². The van der Waals surface area contributed by atoms with Crippen LogP contribution in [0.1, 0.15) is 32.2 Å². The minimum atomic E-state index is -0.940. The molecule has 0 bridgehead atoms. The van der Waals surface area contributed by atoms with E-state index in [0.29, 0.717) is 10.9 Å². The summed E-state index contributed by atoms with van der Waals surface area (Å²) in [5.74, 6) is -1.18. The van der Waals surface area contributed by atoms with E-state index in [1.165, 1.54) is 4.68 Å². The van der Waals surface area contributed by atoms with Gasteiger partial charge in [-0.1, -0.05) is 19.4 Å². The van der Waals surface area contributed by atoms with Crippen LogP contribution >= 0.6 is 15.9 Å². The van der Waals surface area contributed by atoms with Gasteiger partial charge < -0.3 is 5.11 Å². The Labute approximate surface area is 129 Å². The van der Waals surface area contributed by atoms with Crippen molar-refractivity contribution in [3.8, 4) is 11.4 Å². The highest BCUT2D eigenvalue weighted by Gasteiger charge is 2.22. The molecule has 1 N–H and O–H groups in total. The van der Waals surface area contributed by atoms with Gasteiger partial charge in [0.15, 0.2) is 5.82 Å². The summed E-state index contributed by atoms with van der Waals surface area (Å²) in [7, 11) is 0. The molecule has 6 nitrogen and oxygen atoms in total. The summed E-state index contributed by atoms with van der Waals surface area (Å²) in [5.41, 5.74) is 0.237. The lowest BCUT2D eigenvalue weighted by atomic mass is 10.1. The third-order valence-electron chi connectivity index (χ3n) is 3.06. The zero-order valence-corrected chi connectivity index (χ0v) is 12.9. The number of carbonyl (C=O) groups is 1. The van der Waals surface area contributed by atoms with Gasteiger partial charge in [-0.25, -0.2) is 9.07 Å². The largest absolute Gasteiger partial charge is 0.481 e. The third-order valence-corrected chi connectivity index (χ3v) is 3.68.